The molecule has 0 saturated heterocycles. The largest absolute Gasteiger partial charge is 0.391 e. The summed E-state index contributed by atoms with van der Waals surface area (Å²) in [7, 11) is 0. The fraction of sp³-hybridized carbons (Fsp3) is 1.00. The summed E-state index contributed by atoms with van der Waals surface area (Å²) in [5.74, 6) is 0.343. The summed E-state index contributed by atoms with van der Waals surface area (Å²) >= 11 is 0. The Kier molecular flexibility index (Phi) is 4.04. The average Bonchev–Trinajstić information content (AvgIpc) is 1.88. The van der Waals surface area contributed by atoms with Crippen molar-refractivity contribution in [2.45, 2.75) is 52.2 Å². The molecule has 3 N–H and O–H groups in total. The summed E-state index contributed by atoms with van der Waals surface area (Å²) < 4.78 is 0. The molecule has 0 radical (unpaired) electrons. The summed E-state index contributed by atoms with van der Waals surface area (Å²) in [4.78, 5) is 0. The van der Waals surface area contributed by atoms with Crippen LogP contribution in [0.1, 0.15) is 40.5 Å². The number of rotatable bonds is 4. The highest BCUT2D eigenvalue weighted by Gasteiger charge is 2.28. The molecule has 1 unspecified atom stereocenters. The summed E-state index contributed by atoms with van der Waals surface area (Å²) in [6.07, 6.45) is 1.62. The Morgan fingerprint density at radius 2 is 1.64 bits per heavy atom. The zero-order chi connectivity index (χ0) is 9.07. The highest BCUT2D eigenvalue weighted by Crippen LogP contribution is 2.20. The molecule has 0 saturated carbocycles. The fourth-order valence-electron chi connectivity index (χ4n) is 1.34. The van der Waals surface area contributed by atoms with Crippen LogP contribution in [0.4, 0.5) is 0 Å². The van der Waals surface area contributed by atoms with E-state index in [0.29, 0.717) is 5.92 Å². The van der Waals surface area contributed by atoms with Crippen LogP contribution in [0, 0.1) is 5.92 Å². The predicted molar refractivity (Wildman–Crippen MR) is 48.3 cm³/mol. The van der Waals surface area contributed by atoms with Gasteiger partial charge in [0.1, 0.15) is 0 Å². The number of aliphatic hydroxyl groups is 1. The van der Waals surface area contributed by atoms with Crippen molar-refractivity contribution in [2.24, 2.45) is 11.7 Å². The van der Waals surface area contributed by atoms with Crippen LogP contribution in [0.2, 0.25) is 0 Å². The van der Waals surface area contributed by atoms with Gasteiger partial charge in [-0.2, -0.15) is 0 Å². The van der Waals surface area contributed by atoms with Gasteiger partial charge in [0, 0.05) is 5.54 Å². The first kappa shape index (κ1) is 10.9. The van der Waals surface area contributed by atoms with Gasteiger partial charge < -0.3 is 10.8 Å². The Balaban J connectivity index is 4.09. The van der Waals surface area contributed by atoms with Crippen molar-refractivity contribution in [3.05, 3.63) is 0 Å². The molecule has 0 heterocycles. The molecule has 0 bridgehead atoms. The van der Waals surface area contributed by atoms with Crippen molar-refractivity contribution in [1.29, 1.82) is 0 Å². The fourth-order valence-corrected chi connectivity index (χ4v) is 1.34. The lowest BCUT2D eigenvalue weighted by Gasteiger charge is -2.31. The van der Waals surface area contributed by atoms with Crippen LogP contribution in [0.15, 0.2) is 0 Å². The molecule has 0 rings (SSSR count). The molecule has 0 spiro atoms. The van der Waals surface area contributed by atoms with Crippen LogP contribution in [0.5, 0.6) is 0 Å². The molecule has 0 aliphatic carbocycles. The van der Waals surface area contributed by atoms with E-state index in [1.54, 1.807) is 0 Å². The molecule has 0 aromatic rings. The molecule has 2 nitrogen and oxygen atoms in total. The zero-order valence-electron chi connectivity index (χ0n) is 8.09. The minimum atomic E-state index is -0.462. The van der Waals surface area contributed by atoms with Crippen molar-refractivity contribution in [3.63, 3.8) is 0 Å². The first-order valence-electron chi connectivity index (χ1n) is 4.40. The Morgan fingerprint density at radius 3 is 1.73 bits per heavy atom. The number of hydrogen-bond acceptors (Lipinski definition) is 2. The maximum Gasteiger partial charge on any atom is 0.0742 e. The smallest absolute Gasteiger partial charge is 0.0742 e. The lowest BCUT2D eigenvalue weighted by Crippen LogP contribution is -2.48. The van der Waals surface area contributed by atoms with E-state index in [2.05, 4.69) is 13.8 Å². The molecule has 0 aromatic heterocycles. The highest BCUT2D eigenvalue weighted by atomic mass is 16.3. The lowest BCUT2D eigenvalue weighted by atomic mass is 9.85. The van der Waals surface area contributed by atoms with Gasteiger partial charge in [-0.05, 0) is 19.8 Å². The second-order valence-corrected chi connectivity index (χ2v) is 3.84. The molecular formula is C9H21NO. The quantitative estimate of drug-likeness (QED) is 0.653. The molecular weight excluding hydrogens is 138 g/mol. The van der Waals surface area contributed by atoms with Gasteiger partial charge in [-0.25, -0.2) is 0 Å². The zero-order valence-corrected chi connectivity index (χ0v) is 8.09. The van der Waals surface area contributed by atoms with Gasteiger partial charge in [0.15, 0.2) is 0 Å². The Hall–Kier alpha value is -0.0800. The van der Waals surface area contributed by atoms with Crippen molar-refractivity contribution in [2.75, 3.05) is 0 Å². The predicted octanol–water partition coefficient (Wildman–Crippen LogP) is 1.52. The van der Waals surface area contributed by atoms with Crippen molar-refractivity contribution in [1.82, 2.24) is 0 Å². The van der Waals surface area contributed by atoms with E-state index >= 15 is 0 Å². The van der Waals surface area contributed by atoms with Gasteiger partial charge in [-0.1, -0.05) is 26.7 Å². The van der Waals surface area contributed by atoms with Gasteiger partial charge in [0.05, 0.1) is 6.10 Å². The summed E-state index contributed by atoms with van der Waals surface area (Å²) in [6, 6.07) is 0. The second kappa shape index (κ2) is 4.07. The molecule has 2 heteroatoms. The Labute approximate surface area is 69.8 Å². The van der Waals surface area contributed by atoms with Gasteiger partial charge in [0.25, 0.3) is 0 Å². The third kappa shape index (κ3) is 3.21. The summed E-state index contributed by atoms with van der Waals surface area (Å²) in [5, 5.41) is 9.72. The maximum atomic E-state index is 9.72. The third-order valence-electron chi connectivity index (χ3n) is 2.26. The number of nitrogens with two attached hydrogens (primary N) is 1. The van der Waals surface area contributed by atoms with Gasteiger partial charge in [0.2, 0.25) is 0 Å². The Bertz CT molecular complexity index is 103. The molecule has 0 aliphatic heterocycles. The van der Waals surface area contributed by atoms with Crippen LogP contribution in [-0.4, -0.2) is 16.7 Å². The van der Waals surface area contributed by atoms with Gasteiger partial charge in [-0.3, -0.25) is 0 Å². The van der Waals surface area contributed by atoms with E-state index in [-0.39, 0.29) is 6.10 Å². The monoisotopic (exact) mass is 159 g/mol. The maximum absolute atomic E-state index is 9.72. The number of hydrogen-bond donors (Lipinski definition) is 2. The van der Waals surface area contributed by atoms with Crippen LogP contribution >= 0.6 is 0 Å². The van der Waals surface area contributed by atoms with Crippen LogP contribution in [0.25, 0.3) is 0 Å². The standard InChI is InChI=1S/C9H21NO/c1-5-7(6-2)8(11)9(3,4)10/h7-8,11H,5-6,10H2,1-4H3. The van der Waals surface area contributed by atoms with Gasteiger partial charge >= 0.3 is 0 Å². The van der Waals surface area contributed by atoms with Crippen molar-refractivity contribution >= 4 is 0 Å². The Morgan fingerprint density at radius 1 is 1.27 bits per heavy atom. The van der Waals surface area contributed by atoms with Crippen molar-refractivity contribution < 1.29 is 5.11 Å². The van der Waals surface area contributed by atoms with Crippen LogP contribution in [0.3, 0.4) is 0 Å². The summed E-state index contributed by atoms with van der Waals surface area (Å²) in [6.45, 7) is 7.91. The van der Waals surface area contributed by atoms with Crippen molar-refractivity contribution in [3.8, 4) is 0 Å². The van der Waals surface area contributed by atoms with E-state index in [9.17, 15) is 5.11 Å². The van der Waals surface area contributed by atoms with E-state index in [1.807, 2.05) is 13.8 Å². The molecule has 1 atom stereocenters. The van der Waals surface area contributed by atoms with E-state index in [0.717, 1.165) is 12.8 Å². The van der Waals surface area contributed by atoms with Crippen LogP contribution in [-0.2, 0) is 0 Å². The van der Waals surface area contributed by atoms with E-state index in [1.165, 1.54) is 0 Å². The van der Waals surface area contributed by atoms with Crippen LogP contribution < -0.4 is 5.73 Å². The summed E-state index contributed by atoms with van der Waals surface area (Å²) in [5.41, 5.74) is 5.32. The van der Waals surface area contributed by atoms with Gasteiger partial charge in [-0.15, -0.1) is 0 Å². The first-order chi connectivity index (χ1) is 4.93. The molecule has 0 amide bonds. The first-order valence-corrected chi connectivity index (χ1v) is 4.40. The molecule has 0 aliphatic rings. The third-order valence-corrected chi connectivity index (χ3v) is 2.26. The molecule has 11 heavy (non-hydrogen) atoms. The number of aliphatic hydroxyl groups excluding tert-OH is 1. The average molecular weight is 159 g/mol. The highest BCUT2D eigenvalue weighted by molar-refractivity contribution is 4.85. The van der Waals surface area contributed by atoms with E-state index in [4.69, 9.17) is 5.73 Å². The second-order valence-electron chi connectivity index (χ2n) is 3.84. The molecule has 0 aromatic carbocycles. The molecule has 68 valence electrons. The molecule has 0 fully saturated rings. The normalized spacial score (nSPS) is 15.5. The minimum Gasteiger partial charge on any atom is -0.391 e. The minimum absolute atomic E-state index is 0.343. The van der Waals surface area contributed by atoms with E-state index < -0.39 is 5.54 Å². The SMILES string of the molecule is CCC(CC)C(O)C(C)(C)N. The topological polar surface area (TPSA) is 46.2 Å². The lowest BCUT2D eigenvalue weighted by molar-refractivity contribution is 0.0437.